The minimum atomic E-state index is 0.370. The summed E-state index contributed by atoms with van der Waals surface area (Å²) in [7, 11) is 1.68. The first-order chi connectivity index (χ1) is 17.3. The fraction of sp³-hybridized carbons (Fsp3) is 0.379. The van der Waals surface area contributed by atoms with Crippen LogP contribution in [-0.2, 0) is 13.1 Å². The zero-order chi connectivity index (χ0) is 25.4. The van der Waals surface area contributed by atoms with E-state index >= 15 is 0 Å². The van der Waals surface area contributed by atoms with E-state index in [9.17, 15) is 0 Å². The fourth-order valence-corrected chi connectivity index (χ4v) is 5.65. The zero-order valence-electron chi connectivity index (χ0n) is 21.7. The molecule has 0 unspecified atom stereocenters. The number of rotatable bonds is 6. The Balaban J connectivity index is 1.23. The van der Waals surface area contributed by atoms with Crippen molar-refractivity contribution < 1.29 is 4.74 Å². The number of hydrogen-bond donors (Lipinski definition) is 2. The van der Waals surface area contributed by atoms with Crippen LogP contribution in [0.3, 0.4) is 0 Å². The summed E-state index contributed by atoms with van der Waals surface area (Å²) in [6.07, 6.45) is 4.14. The minimum Gasteiger partial charge on any atom is -0.496 e. The maximum Gasteiger partial charge on any atom is 0.227 e. The van der Waals surface area contributed by atoms with Crippen molar-refractivity contribution in [3.63, 3.8) is 0 Å². The highest BCUT2D eigenvalue weighted by molar-refractivity contribution is 5.70. The molecular weight excluding hydrogens is 448 g/mol. The maximum absolute atomic E-state index is 5.95. The van der Waals surface area contributed by atoms with Gasteiger partial charge < -0.3 is 20.7 Å². The molecule has 0 amide bonds. The van der Waals surface area contributed by atoms with E-state index in [1.807, 2.05) is 24.4 Å². The summed E-state index contributed by atoms with van der Waals surface area (Å²) in [5.41, 5.74) is 14.5. The second-order valence-corrected chi connectivity index (χ2v) is 10.2. The van der Waals surface area contributed by atoms with Gasteiger partial charge in [0.2, 0.25) is 5.95 Å². The predicted molar refractivity (Wildman–Crippen MR) is 146 cm³/mol. The average molecular weight is 485 g/mol. The zero-order valence-corrected chi connectivity index (χ0v) is 21.7. The number of aromatic nitrogens is 2. The number of aryl methyl sites for hydroxylation is 2. The molecule has 2 aliphatic heterocycles. The third-order valence-electron chi connectivity index (χ3n) is 7.41. The molecule has 2 aromatic carbocycles. The number of nitrogens with zero attached hydrogens (tertiary/aromatic N) is 4. The van der Waals surface area contributed by atoms with Crippen LogP contribution in [0.15, 0.2) is 49.2 Å². The van der Waals surface area contributed by atoms with E-state index in [1.165, 1.54) is 16.7 Å². The van der Waals surface area contributed by atoms with Gasteiger partial charge in [0.05, 0.1) is 12.8 Å². The molecule has 0 radical (unpaired) electrons. The predicted octanol–water partition coefficient (Wildman–Crippen LogP) is 5.27. The van der Waals surface area contributed by atoms with Crippen LogP contribution in [0.1, 0.15) is 47.7 Å². The molecule has 0 saturated carbocycles. The van der Waals surface area contributed by atoms with Crippen molar-refractivity contribution in [1.29, 1.82) is 0 Å². The summed E-state index contributed by atoms with van der Waals surface area (Å²) in [4.78, 5) is 14.4. The summed E-state index contributed by atoms with van der Waals surface area (Å²) in [6.45, 7) is 13.6. The lowest BCUT2D eigenvalue weighted by Gasteiger charge is -2.43. The van der Waals surface area contributed by atoms with Gasteiger partial charge in [-0.05, 0) is 69.0 Å². The summed E-state index contributed by atoms with van der Waals surface area (Å²) < 4.78 is 5.58. The summed E-state index contributed by atoms with van der Waals surface area (Å²) >= 11 is 0. The molecule has 3 N–H and O–H groups in total. The molecule has 1 aromatic heterocycles. The average Bonchev–Trinajstić information content (AvgIpc) is 3.26. The van der Waals surface area contributed by atoms with Crippen LogP contribution in [0.25, 0.3) is 5.70 Å². The van der Waals surface area contributed by atoms with E-state index < -0.39 is 0 Å². The Morgan fingerprint density at radius 1 is 1.14 bits per heavy atom. The second-order valence-electron chi connectivity index (χ2n) is 10.2. The Kier molecular flexibility index (Phi) is 6.58. The van der Waals surface area contributed by atoms with Gasteiger partial charge in [-0.1, -0.05) is 12.6 Å². The highest BCUT2D eigenvalue weighted by atomic mass is 16.5. The third kappa shape index (κ3) is 4.88. The van der Waals surface area contributed by atoms with Crippen LogP contribution in [0.4, 0.5) is 17.3 Å². The first-order valence-electron chi connectivity index (χ1n) is 12.6. The van der Waals surface area contributed by atoms with Gasteiger partial charge in [0.15, 0.2) is 0 Å². The highest BCUT2D eigenvalue weighted by Crippen LogP contribution is 2.36. The van der Waals surface area contributed by atoms with Crippen LogP contribution in [0.5, 0.6) is 5.75 Å². The van der Waals surface area contributed by atoms with E-state index in [0.717, 1.165) is 60.9 Å². The molecule has 1 fully saturated rings. The molecule has 0 aliphatic carbocycles. The lowest BCUT2D eigenvalue weighted by atomic mass is 9.95. The van der Waals surface area contributed by atoms with Gasteiger partial charge in [-0.3, -0.25) is 4.90 Å². The molecular formula is C29H36N6O. The van der Waals surface area contributed by atoms with Crippen LogP contribution in [0.2, 0.25) is 0 Å². The lowest BCUT2D eigenvalue weighted by Crippen LogP contribution is -2.46. The Morgan fingerprint density at radius 3 is 2.64 bits per heavy atom. The first-order valence-corrected chi connectivity index (χ1v) is 12.6. The number of nitrogens with two attached hydrogens (primary N) is 1. The topological polar surface area (TPSA) is 79.5 Å². The second kappa shape index (κ2) is 9.82. The number of anilines is 3. The van der Waals surface area contributed by atoms with E-state index in [-0.39, 0.29) is 0 Å². The van der Waals surface area contributed by atoms with Crippen molar-refractivity contribution in [2.75, 3.05) is 24.7 Å². The number of hydrogen-bond acceptors (Lipinski definition) is 7. The molecule has 0 spiro atoms. The molecule has 7 nitrogen and oxygen atoms in total. The Labute approximate surface area is 214 Å². The normalized spacial score (nSPS) is 19.7. The highest BCUT2D eigenvalue weighted by Gasteiger charge is 2.34. The van der Waals surface area contributed by atoms with E-state index in [4.69, 9.17) is 15.5 Å². The van der Waals surface area contributed by atoms with Gasteiger partial charge in [-0.2, -0.15) is 0 Å². The number of ether oxygens (including phenoxy) is 1. The van der Waals surface area contributed by atoms with Crippen molar-refractivity contribution in [1.82, 2.24) is 19.8 Å². The van der Waals surface area contributed by atoms with Crippen molar-refractivity contribution >= 4 is 23.0 Å². The molecule has 36 heavy (non-hydrogen) atoms. The molecule has 1 saturated heterocycles. The SMILES string of the molecule is C=C(c1ccc(N)cc1OC)N1CC[C@@H](N2Cc3cnc(Nc4cc(C)cc(C)c4)nc3C2)C[C@H]1C. The Hall–Kier alpha value is -3.58. The number of fused-ring (bicyclic) bond motifs is 1. The molecule has 2 atom stereocenters. The lowest BCUT2D eigenvalue weighted by molar-refractivity contribution is 0.102. The molecule has 7 heteroatoms. The number of benzene rings is 2. The van der Waals surface area contributed by atoms with Crippen LogP contribution in [0, 0.1) is 13.8 Å². The number of likely N-dealkylation sites (tertiary alicyclic amines) is 1. The van der Waals surface area contributed by atoms with Gasteiger partial charge in [-0.25, -0.2) is 9.97 Å². The largest absolute Gasteiger partial charge is 0.496 e. The third-order valence-corrected chi connectivity index (χ3v) is 7.41. The van der Waals surface area contributed by atoms with Gasteiger partial charge >= 0.3 is 0 Å². The number of methoxy groups -OCH3 is 1. The molecule has 2 aliphatic rings. The molecule has 188 valence electrons. The molecule has 3 heterocycles. The van der Waals surface area contributed by atoms with E-state index in [2.05, 4.69) is 65.6 Å². The van der Waals surface area contributed by atoms with Gasteiger partial charge in [0.25, 0.3) is 0 Å². The standard InChI is InChI=1S/C29H36N6O/c1-18-10-19(2)12-24(11-18)32-29-31-15-22-16-34(17-27(22)33-29)25-8-9-35(20(3)13-25)21(4)26-7-6-23(30)14-28(26)36-5/h6-7,10-12,14-15,20,25H,4,8-9,13,16-17,30H2,1-3,5H3,(H,31,32,33)/t20-,25-/m1/s1. The number of nitrogens with one attached hydrogen (secondary N) is 1. The smallest absolute Gasteiger partial charge is 0.227 e. The van der Waals surface area contributed by atoms with E-state index in [0.29, 0.717) is 23.7 Å². The van der Waals surface area contributed by atoms with Crippen LogP contribution in [-0.4, -0.2) is 45.5 Å². The number of nitrogen functional groups attached to an aromatic ring is 1. The number of piperidine rings is 1. The molecule has 5 rings (SSSR count). The van der Waals surface area contributed by atoms with Gasteiger partial charge in [0.1, 0.15) is 5.75 Å². The minimum absolute atomic E-state index is 0.370. The van der Waals surface area contributed by atoms with Gasteiger partial charge in [-0.15, -0.1) is 0 Å². The van der Waals surface area contributed by atoms with Gasteiger partial charge in [0, 0.05) is 72.2 Å². The van der Waals surface area contributed by atoms with Crippen molar-refractivity contribution in [2.24, 2.45) is 0 Å². The van der Waals surface area contributed by atoms with Crippen molar-refractivity contribution in [2.45, 2.75) is 58.8 Å². The summed E-state index contributed by atoms with van der Waals surface area (Å²) in [6, 6.07) is 13.1. The fourth-order valence-electron chi connectivity index (χ4n) is 5.65. The maximum atomic E-state index is 5.95. The molecule has 3 aromatic rings. The van der Waals surface area contributed by atoms with Crippen molar-refractivity contribution in [3.05, 3.63) is 77.1 Å². The Bertz CT molecular complexity index is 1270. The monoisotopic (exact) mass is 484 g/mol. The molecule has 0 bridgehead atoms. The first kappa shape index (κ1) is 24.1. The Morgan fingerprint density at radius 2 is 1.92 bits per heavy atom. The van der Waals surface area contributed by atoms with Crippen LogP contribution >= 0.6 is 0 Å². The summed E-state index contributed by atoms with van der Waals surface area (Å²) in [5.74, 6) is 1.44. The van der Waals surface area contributed by atoms with Crippen LogP contribution < -0.4 is 15.8 Å². The quantitative estimate of drug-likeness (QED) is 0.462. The summed E-state index contributed by atoms with van der Waals surface area (Å²) in [5, 5.41) is 3.39. The van der Waals surface area contributed by atoms with E-state index in [1.54, 1.807) is 7.11 Å². The van der Waals surface area contributed by atoms with Crippen molar-refractivity contribution in [3.8, 4) is 5.75 Å².